The average molecular weight is 327 g/mol. The molecule has 0 aromatic heterocycles. The minimum absolute atomic E-state index is 0.0122. The summed E-state index contributed by atoms with van der Waals surface area (Å²) in [6.07, 6.45) is 2.71. The molecular formula is C16H29N3O2S. The summed E-state index contributed by atoms with van der Waals surface area (Å²) < 4.78 is 0. The predicted molar refractivity (Wildman–Crippen MR) is 90.6 cm³/mol. The Bertz CT molecular complexity index is 403. The van der Waals surface area contributed by atoms with Crippen LogP contribution in [0.2, 0.25) is 0 Å². The molecule has 2 atom stereocenters. The second-order valence-corrected chi connectivity index (χ2v) is 8.55. The van der Waals surface area contributed by atoms with Gasteiger partial charge in [0.2, 0.25) is 11.8 Å². The zero-order chi connectivity index (χ0) is 16.2. The molecule has 2 rings (SSSR count). The maximum absolute atomic E-state index is 12.4. The van der Waals surface area contributed by atoms with Crippen molar-refractivity contribution >= 4 is 23.6 Å². The van der Waals surface area contributed by atoms with Crippen molar-refractivity contribution in [2.45, 2.75) is 46.1 Å². The number of carbonyl (C=O) groups is 2. The van der Waals surface area contributed by atoms with Gasteiger partial charge in [-0.1, -0.05) is 20.8 Å². The number of thioether (sulfide) groups is 1. The van der Waals surface area contributed by atoms with E-state index in [-0.39, 0.29) is 23.3 Å². The molecule has 0 aliphatic carbocycles. The molecular weight excluding hydrogens is 298 g/mol. The lowest BCUT2D eigenvalue weighted by molar-refractivity contribution is -0.139. The van der Waals surface area contributed by atoms with Crippen LogP contribution in [0.4, 0.5) is 0 Å². The summed E-state index contributed by atoms with van der Waals surface area (Å²) in [7, 11) is 0. The third-order valence-electron chi connectivity index (χ3n) is 4.20. The molecule has 2 saturated heterocycles. The topological polar surface area (TPSA) is 61.4 Å². The van der Waals surface area contributed by atoms with E-state index >= 15 is 0 Å². The van der Waals surface area contributed by atoms with E-state index in [2.05, 4.69) is 31.4 Å². The number of nitrogens with one attached hydrogen (secondary N) is 2. The van der Waals surface area contributed by atoms with Crippen molar-refractivity contribution in [1.29, 1.82) is 0 Å². The van der Waals surface area contributed by atoms with E-state index in [1.165, 1.54) is 6.42 Å². The monoisotopic (exact) mass is 327 g/mol. The van der Waals surface area contributed by atoms with Crippen molar-refractivity contribution in [3.05, 3.63) is 0 Å². The number of carbonyl (C=O) groups excluding carboxylic acids is 2. The summed E-state index contributed by atoms with van der Waals surface area (Å²) in [5.41, 5.74) is -0.0408. The lowest BCUT2D eigenvalue weighted by Crippen LogP contribution is -2.48. The minimum Gasteiger partial charge on any atom is -0.354 e. The van der Waals surface area contributed by atoms with Gasteiger partial charge in [0.25, 0.3) is 0 Å². The van der Waals surface area contributed by atoms with Crippen LogP contribution in [0.5, 0.6) is 0 Å². The Labute approximate surface area is 138 Å². The van der Waals surface area contributed by atoms with Gasteiger partial charge in [0.15, 0.2) is 0 Å². The quantitative estimate of drug-likeness (QED) is 0.802. The van der Waals surface area contributed by atoms with E-state index in [9.17, 15) is 9.59 Å². The third-order valence-corrected chi connectivity index (χ3v) is 5.21. The highest BCUT2D eigenvalue weighted by Gasteiger charge is 2.35. The first-order valence-corrected chi connectivity index (χ1v) is 9.38. The van der Waals surface area contributed by atoms with Gasteiger partial charge in [-0.25, -0.2) is 0 Å². The number of hydrogen-bond acceptors (Lipinski definition) is 4. The van der Waals surface area contributed by atoms with Crippen LogP contribution in [0.25, 0.3) is 0 Å². The molecule has 22 heavy (non-hydrogen) atoms. The Morgan fingerprint density at radius 1 is 1.36 bits per heavy atom. The van der Waals surface area contributed by atoms with Gasteiger partial charge in [0.1, 0.15) is 6.04 Å². The molecule has 2 unspecified atom stereocenters. The molecule has 2 amide bonds. The molecule has 0 saturated carbocycles. The first-order chi connectivity index (χ1) is 10.4. The SMILES string of the molecule is CC(C)(C)CC(=O)N1CSCC1C(=O)NCCC1CCNC1. The van der Waals surface area contributed by atoms with E-state index in [1.54, 1.807) is 16.7 Å². The number of nitrogens with zero attached hydrogens (tertiary/aromatic N) is 1. The van der Waals surface area contributed by atoms with E-state index in [0.717, 1.165) is 19.5 Å². The number of rotatable bonds is 5. The summed E-state index contributed by atoms with van der Waals surface area (Å²) in [6.45, 7) is 9.03. The molecule has 2 N–H and O–H groups in total. The Balaban J connectivity index is 1.78. The Kier molecular flexibility index (Phi) is 6.15. The van der Waals surface area contributed by atoms with Crippen molar-refractivity contribution < 1.29 is 9.59 Å². The van der Waals surface area contributed by atoms with Gasteiger partial charge in [-0.05, 0) is 37.3 Å². The Hall–Kier alpha value is -0.750. The summed E-state index contributed by atoms with van der Waals surface area (Å²) in [5, 5.41) is 6.37. The molecule has 2 aliphatic heterocycles. The van der Waals surface area contributed by atoms with Crippen LogP contribution >= 0.6 is 11.8 Å². The molecule has 2 heterocycles. The zero-order valence-corrected chi connectivity index (χ0v) is 14.8. The second kappa shape index (κ2) is 7.68. The van der Waals surface area contributed by atoms with Crippen molar-refractivity contribution in [3.63, 3.8) is 0 Å². The average Bonchev–Trinajstić information content (AvgIpc) is 3.07. The smallest absolute Gasteiger partial charge is 0.243 e. The molecule has 0 aromatic rings. The molecule has 2 fully saturated rings. The van der Waals surface area contributed by atoms with Crippen molar-refractivity contribution in [3.8, 4) is 0 Å². The molecule has 0 bridgehead atoms. The molecule has 5 nitrogen and oxygen atoms in total. The minimum atomic E-state index is -0.290. The summed E-state index contributed by atoms with van der Waals surface area (Å²) >= 11 is 1.67. The van der Waals surface area contributed by atoms with Crippen LogP contribution in [-0.4, -0.2) is 54.0 Å². The van der Waals surface area contributed by atoms with Gasteiger partial charge in [-0.15, -0.1) is 11.8 Å². The Morgan fingerprint density at radius 2 is 2.14 bits per heavy atom. The van der Waals surface area contributed by atoms with E-state index in [1.807, 2.05) is 0 Å². The number of amides is 2. The van der Waals surface area contributed by atoms with E-state index < -0.39 is 0 Å². The molecule has 0 radical (unpaired) electrons. The highest BCUT2D eigenvalue weighted by Crippen LogP contribution is 2.26. The van der Waals surface area contributed by atoms with Gasteiger partial charge in [-0.3, -0.25) is 9.59 Å². The van der Waals surface area contributed by atoms with Crippen LogP contribution < -0.4 is 10.6 Å². The van der Waals surface area contributed by atoms with Crippen LogP contribution in [-0.2, 0) is 9.59 Å². The fourth-order valence-electron chi connectivity index (χ4n) is 2.94. The predicted octanol–water partition coefficient (Wildman–Crippen LogP) is 1.44. The summed E-state index contributed by atoms with van der Waals surface area (Å²) in [6, 6.07) is -0.290. The first-order valence-electron chi connectivity index (χ1n) is 8.22. The fraction of sp³-hybridized carbons (Fsp3) is 0.875. The summed E-state index contributed by atoms with van der Waals surface area (Å²) in [4.78, 5) is 26.5. The highest BCUT2D eigenvalue weighted by atomic mass is 32.2. The van der Waals surface area contributed by atoms with Gasteiger partial charge in [-0.2, -0.15) is 0 Å². The zero-order valence-electron chi connectivity index (χ0n) is 14.0. The molecule has 126 valence electrons. The van der Waals surface area contributed by atoms with Crippen LogP contribution in [0.1, 0.15) is 40.0 Å². The van der Waals surface area contributed by atoms with Crippen LogP contribution in [0.15, 0.2) is 0 Å². The molecule has 6 heteroatoms. The van der Waals surface area contributed by atoms with Gasteiger partial charge in [0, 0.05) is 18.7 Å². The van der Waals surface area contributed by atoms with E-state index in [0.29, 0.717) is 30.5 Å². The molecule has 0 spiro atoms. The number of hydrogen-bond donors (Lipinski definition) is 2. The lowest BCUT2D eigenvalue weighted by atomic mass is 9.91. The van der Waals surface area contributed by atoms with Crippen molar-refractivity contribution in [2.75, 3.05) is 31.3 Å². The van der Waals surface area contributed by atoms with Gasteiger partial charge in [0.05, 0.1) is 5.88 Å². The van der Waals surface area contributed by atoms with E-state index in [4.69, 9.17) is 0 Å². The third kappa shape index (κ3) is 5.16. The fourth-order valence-corrected chi connectivity index (χ4v) is 4.12. The maximum atomic E-state index is 12.4. The largest absolute Gasteiger partial charge is 0.354 e. The Morgan fingerprint density at radius 3 is 2.77 bits per heavy atom. The van der Waals surface area contributed by atoms with Gasteiger partial charge < -0.3 is 15.5 Å². The lowest BCUT2D eigenvalue weighted by Gasteiger charge is -2.27. The van der Waals surface area contributed by atoms with Gasteiger partial charge >= 0.3 is 0 Å². The molecule has 2 aliphatic rings. The summed E-state index contributed by atoms with van der Waals surface area (Å²) in [5.74, 6) is 2.14. The van der Waals surface area contributed by atoms with Crippen molar-refractivity contribution in [1.82, 2.24) is 15.5 Å². The highest BCUT2D eigenvalue weighted by molar-refractivity contribution is 7.99. The standard InChI is InChI=1S/C16H29N3O2S/c1-16(2,3)8-14(20)19-11-22-10-13(19)15(21)18-7-5-12-4-6-17-9-12/h12-13,17H,4-11H2,1-3H3,(H,18,21). The normalized spacial score (nSPS) is 25.5. The first kappa shape index (κ1) is 17.6. The molecule has 0 aromatic carbocycles. The maximum Gasteiger partial charge on any atom is 0.243 e. The van der Waals surface area contributed by atoms with Crippen LogP contribution in [0.3, 0.4) is 0 Å². The van der Waals surface area contributed by atoms with Crippen LogP contribution in [0, 0.1) is 11.3 Å². The second-order valence-electron chi connectivity index (χ2n) is 7.56. The van der Waals surface area contributed by atoms with Crippen molar-refractivity contribution in [2.24, 2.45) is 11.3 Å².